The summed E-state index contributed by atoms with van der Waals surface area (Å²) in [5.41, 5.74) is 0.607. The van der Waals surface area contributed by atoms with Crippen molar-refractivity contribution < 1.29 is 9.90 Å². The van der Waals surface area contributed by atoms with Crippen molar-refractivity contribution in [2.24, 2.45) is 0 Å². The molecule has 92 valence electrons. The summed E-state index contributed by atoms with van der Waals surface area (Å²) in [5, 5.41) is 12.5. The van der Waals surface area contributed by atoms with Gasteiger partial charge >= 0.3 is 6.03 Å². The van der Waals surface area contributed by atoms with Gasteiger partial charge in [-0.1, -0.05) is 11.6 Å². The third kappa shape index (κ3) is 3.31. The van der Waals surface area contributed by atoms with Gasteiger partial charge in [-0.2, -0.15) is 0 Å². The molecule has 1 aliphatic heterocycles. The van der Waals surface area contributed by atoms with Gasteiger partial charge in [-0.05, 0) is 25.0 Å². The number of piperidine rings is 1. The number of nitrogens with zero attached hydrogens (tertiary/aromatic N) is 2. The highest BCUT2D eigenvalue weighted by Crippen LogP contribution is 2.15. The molecule has 0 radical (unpaired) electrons. The largest absolute Gasteiger partial charge is 0.391 e. The van der Waals surface area contributed by atoms with E-state index in [0.717, 1.165) is 12.8 Å². The lowest BCUT2D eigenvalue weighted by Crippen LogP contribution is -2.44. The van der Waals surface area contributed by atoms with E-state index in [1.807, 2.05) is 0 Å². The summed E-state index contributed by atoms with van der Waals surface area (Å²) < 4.78 is 0. The zero-order chi connectivity index (χ0) is 12.3. The number of urea groups is 1. The zero-order valence-electron chi connectivity index (χ0n) is 9.27. The number of hydrogen-bond acceptors (Lipinski definition) is 3. The molecule has 0 bridgehead atoms. The van der Waals surface area contributed by atoms with E-state index < -0.39 is 6.10 Å². The van der Waals surface area contributed by atoms with Crippen molar-refractivity contribution in [1.82, 2.24) is 9.88 Å². The van der Waals surface area contributed by atoms with E-state index in [2.05, 4.69) is 10.3 Å². The first-order valence-corrected chi connectivity index (χ1v) is 5.88. The molecule has 1 unspecified atom stereocenters. The Labute approximate surface area is 104 Å². The molecule has 1 aromatic rings. The van der Waals surface area contributed by atoms with Crippen LogP contribution in [0, 0.1) is 0 Å². The van der Waals surface area contributed by atoms with Crippen LogP contribution in [0.5, 0.6) is 0 Å². The van der Waals surface area contributed by atoms with Crippen LogP contribution < -0.4 is 5.32 Å². The SMILES string of the molecule is O=C(Nc1ccnc(Cl)c1)N1CCCC(O)C1. The van der Waals surface area contributed by atoms with Crippen LogP contribution in [-0.2, 0) is 0 Å². The summed E-state index contributed by atoms with van der Waals surface area (Å²) in [6.07, 6.45) is 2.69. The number of carbonyl (C=O) groups is 1. The molecule has 0 aliphatic carbocycles. The van der Waals surface area contributed by atoms with E-state index >= 15 is 0 Å². The number of β-amino-alcohol motifs (C(OH)–C–C–N with tert-alkyl or cyclic N) is 1. The second kappa shape index (κ2) is 5.33. The minimum atomic E-state index is -0.421. The quantitative estimate of drug-likeness (QED) is 0.751. The van der Waals surface area contributed by atoms with Gasteiger partial charge in [0, 0.05) is 25.0 Å². The molecule has 1 saturated heterocycles. The molecule has 1 fully saturated rings. The summed E-state index contributed by atoms with van der Waals surface area (Å²) >= 11 is 5.72. The van der Waals surface area contributed by atoms with Gasteiger partial charge in [0.1, 0.15) is 5.15 Å². The Morgan fingerprint density at radius 1 is 1.65 bits per heavy atom. The predicted molar refractivity (Wildman–Crippen MR) is 65.1 cm³/mol. The molecular weight excluding hydrogens is 242 g/mol. The van der Waals surface area contributed by atoms with Crippen molar-refractivity contribution in [3.63, 3.8) is 0 Å². The van der Waals surface area contributed by atoms with Gasteiger partial charge in [-0.3, -0.25) is 0 Å². The standard InChI is InChI=1S/C11H14ClN3O2/c12-10-6-8(3-4-13-10)14-11(17)15-5-1-2-9(16)7-15/h3-4,6,9,16H,1-2,5,7H2,(H,13,14,17). The Kier molecular flexibility index (Phi) is 3.81. The fraction of sp³-hybridized carbons (Fsp3) is 0.455. The lowest BCUT2D eigenvalue weighted by molar-refractivity contribution is 0.0883. The fourth-order valence-corrected chi connectivity index (χ4v) is 2.00. The van der Waals surface area contributed by atoms with E-state index in [0.29, 0.717) is 23.9 Å². The summed E-state index contributed by atoms with van der Waals surface area (Å²) in [4.78, 5) is 17.3. The molecule has 17 heavy (non-hydrogen) atoms. The first kappa shape index (κ1) is 12.1. The number of carbonyl (C=O) groups excluding carboxylic acids is 1. The molecule has 6 heteroatoms. The number of hydrogen-bond donors (Lipinski definition) is 2. The normalized spacial score (nSPS) is 20.1. The summed E-state index contributed by atoms with van der Waals surface area (Å²) in [7, 11) is 0. The Morgan fingerprint density at radius 3 is 3.18 bits per heavy atom. The highest BCUT2D eigenvalue weighted by atomic mass is 35.5. The first-order valence-electron chi connectivity index (χ1n) is 5.51. The summed E-state index contributed by atoms with van der Waals surface area (Å²) in [6, 6.07) is 3.04. The van der Waals surface area contributed by atoms with Crippen LogP contribution in [-0.4, -0.2) is 40.2 Å². The van der Waals surface area contributed by atoms with E-state index in [1.165, 1.54) is 6.20 Å². The molecule has 2 rings (SSSR count). The molecule has 0 spiro atoms. The molecule has 2 heterocycles. The lowest BCUT2D eigenvalue weighted by atomic mass is 10.1. The number of halogens is 1. The number of aromatic nitrogens is 1. The number of aliphatic hydroxyl groups is 1. The number of anilines is 1. The van der Waals surface area contributed by atoms with Crippen LogP contribution in [0.3, 0.4) is 0 Å². The second-order valence-corrected chi connectivity index (χ2v) is 4.43. The van der Waals surface area contributed by atoms with Gasteiger partial charge in [-0.15, -0.1) is 0 Å². The zero-order valence-corrected chi connectivity index (χ0v) is 10.0. The maximum Gasteiger partial charge on any atom is 0.321 e. The molecular formula is C11H14ClN3O2. The number of rotatable bonds is 1. The average Bonchev–Trinajstić information content (AvgIpc) is 2.29. The first-order chi connectivity index (χ1) is 8.15. The Bertz CT molecular complexity index is 413. The van der Waals surface area contributed by atoms with Crippen molar-refractivity contribution in [1.29, 1.82) is 0 Å². The minimum absolute atomic E-state index is 0.217. The molecule has 1 aromatic heterocycles. The Morgan fingerprint density at radius 2 is 2.47 bits per heavy atom. The average molecular weight is 256 g/mol. The van der Waals surface area contributed by atoms with Crippen LogP contribution in [0.25, 0.3) is 0 Å². The third-order valence-corrected chi connectivity index (χ3v) is 2.87. The number of amides is 2. The molecule has 1 aliphatic rings. The Hall–Kier alpha value is -1.33. The van der Waals surface area contributed by atoms with Crippen LogP contribution in [0.1, 0.15) is 12.8 Å². The lowest BCUT2D eigenvalue weighted by Gasteiger charge is -2.30. The van der Waals surface area contributed by atoms with Gasteiger partial charge in [-0.25, -0.2) is 9.78 Å². The van der Waals surface area contributed by atoms with Gasteiger partial charge < -0.3 is 15.3 Å². The monoisotopic (exact) mass is 255 g/mol. The Balaban J connectivity index is 1.96. The van der Waals surface area contributed by atoms with Crippen molar-refractivity contribution in [3.05, 3.63) is 23.5 Å². The van der Waals surface area contributed by atoms with Crippen molar-refractivity contribution in [2.45, 2.75) is 18.9 Å². The van der Waals surface area contributed by atoms with E-state index in [-0.39, 0.29) is 6.03 Å². The van der Waals surface area contributed by atoms with Crippen LogP contribution in [0.2, 0.25) is 5.15 Å². The van der Waals surface area contributed by atoms with E-state index in [9.17, 15) is 9.90 Å². The van der Waals surface area contributed by atoms with Crippen molar-refractivity contribution in [3.8, 4) is 0 Å². The van der Waals surface area contributed by atoms with Crippen LogP contribution >= 0.6 is 11.6 Å². The van der Waals surface area contributed by atoms with Crippen molar-refractivity contribution >= 4 is 23.3 Å². The maximum absolute atomic E-state index is 11.9. The van der Waals surface area contributed by atoms with E-state index in [4.69, 9.17) is 11.6 Å². The van der Waals surface area contributed by atoms with Crippen molar-refractivity contribution in [2.75, 3.05) is 18.4 Å². The molecule has 0 saturated carbocycles. The van der Waals surface area contributed by atoms with Gasteiger partial charge in [0.15, 0.2) is 0 Å². The maximum atomic E-state index is 11.9. The predicted octanol–water partition coefficient (Wildman–Crippen LogP) is 1.72. The molecule has 0 aromatic carbocycles. The van der Waals surface area contributed by atoms with E-state index in [1.54, 1.807) is 17.0 Å². The van der Waals surface area contributed by atoms with Crippen LogP contribution in [0.15, 0.2) is 18.3 Å². The molecule has 2 N–H and O–H groups in total. The van der Waals surface area contributed by atoms with Crippen LogP contribution in [0.4, 0.5) is 10.5 Å². The summed E-state index contributed by atoms with van der Waals surface area (Å²) in [6.45, 7) is 1.05. The third-order valence-electron chi connectivity index (χ3n) is 2.66. The molecule has 5 nitrogen and oxygen atoms in total. The highest BCUT2D eigenvalue weighted by Gasteiger charge is 2.21. The summed E-state index contributed by atoms with van der Waals surface area (Å²) in [5.74, 6) is 0. The van der Waals surface area contributed by atoms with Gasteiger partial charge in [0.05, 0.1) is 6.10 Å². The molecule has 2 amide bonds. The molecule has 1 atom stereocenters. The van der Waals surface area contributed by atoms with Gasteiger partial charge in [0.25, 0.3) is 0 Å². The minimum Gasteiger partial charge on any atom is -0.391 e. The fourth-order valence-electron chi connectivity index (χ4n) is 1.82. The highest BCUT2D eigenvalue weighted by molar-refractivity contribution is 6.29. The van der Waals surface area contributed by atoms with Gasteiger partial charge in [0.2, 0.25) is 0 Å². The second-order valence-electron chi connectivity index (χ2n) is 4.04. The smallest absolute Gasteiger partial charge is 0.321 e. The number of likely N-dealkylation sites (tertiary alicyclic amines) is 1. The topological polar surface area (TPSA) is 65.5 Å². The number of pyridine rings is 1. The number of aliphatic hydroxyl groups excluding tert-OH is 1. The number of nitrogens with one attached hydrogen (secondary N) is 1.